The van der Waals surface area contributed by atoms with Crippen LogP contribution in [0.25, 0.3) is 6.08 Å². The van der Waals surface area contributed by atoms with Crippen LogP contribution in [0.3, 0.4) is 0 Å². The van der Waals surface area contributed by atoms with Crippen LogP contribution in [-0.2, 0) is 26.9 Å². The molecule has 0 saturated carbocycles. The average Bonchev–Trinajstić information content (AvgIpc) is 2.88. The summed E-state index contributed by atoms with van der Waals surface area (Å²) >= 11 is 0. The van der Waals surface area contributed by atoms with Crippen LogP contribution in [0.1, 0.15) is 22.6 Å². The summed E-state index contributed by atoms with van der Waals surface area (Å²) in [6.07, 6.45) is 4.22. The maximum absolute atomic E-state index is 11.7. The lowest BCUT2D eigenvalue weighted by molar-refractivity contribution is -0.116. The molecule has 0 aliphatic rings. The Labute approximate surface area is 135 Å². The topological polar surface area (TPSA) is 76.4 Å². The van der Waals surface area contributed by atoms with Crippen LogP contribution < -0.4 is 5.32 Å². The fourth-order valence-electron chi connectivity index (χ4n) is 2.01. The summed E-state index contributed by atoms with van der Waals surface area (Å²) in [4.78, 5) is 11.7. The van der Waals surface area contributed by atoms with Gasteiger partial charge in [0.25, 0.3) is 0 Å². The third kappa shape index (κ3) is 6.12. The van der Waals surface area contributed by atoms with Crippen LogP contribution in [0.15, 0.2) is 46.9 Å². The molecule has 23 heavy (non-hydrogen) atoms. The number of hydrogen-bond donors (Lipinski definition) is 1. The van der Waals surface area contributed by atoms with Crippen LogP contribution >= 0.6 is 0 Å². The number of hydrogen-bond acceptors (Lipinski definition) is 4. The van der Waals surface area contributed by atoms with Gasteiger partial charge in [0, 0.05) is 18.9 Å². The molecule has 5 nitrogen and oxygen atoms in total. The molecule has 0 fully saturated rings. The van der Waals surface area contributed by atoms with Crippen LogP contribution in [0.4, 0.5) is 0 Å². The third-order valence-electron chi connectivity index (χ3n) is 3.08. The molecular formula is C17H19NO4S. The summed E-state index contributed by atoms with van der Waals surface area (Å²) in [5.74, 6) is 1.21. The minimum Gasteiger partial charge on any atom is -0.462 e. The smallest absolute Gasteiger partial charge is 0.244 e. The number of sulfone groups is 1. The molecule has 1 heterocycles. The molecule has 0 atom stereocenters. The van der Waals surface area contributed by atoms with Gasteiger partial charge in [-0.2, -0.15) is 0 Å². The SMILES string of the molecule is Cc1ccc(C=CC(=O)NCc2ccc(CS(C)(=O)=O)cc2)o1. The van der Waals surface area contributed by atoms with Gasteiger partial charge >= 0.3 is 0 Å². The molecule has 1 aromatic carbocycles. The first-order chi connectivity index (χ1) is 10.8. The van der Waals surface area contributed by atoms with Gasteiger partial charge in [0.05, 0.1) is 5.75 Å². The zero-order chi connectivity index (χ0) is 16.9. The summed E-state index contributed by atoms with van der Waals surface area (Å²) in [6, 6.07) is 10.7. The zero-order valence-electron chi connectivity index (χ0n) is 13.1. The van der Waals surface area contributed by atoms with Crippen molar-refractivity contribution in [3.05, 3.63) is 65.1 Å². The molecule has 0 aliphatic heterocycles. The van der Waals surface area contributed by atoms with Crippen molar-refractivity contribution in [3.63, 3.8) is 0 Å². The maximum atomic E-state index is 11.7. The van der Waals surface area contributed by atoms with Crippen molar-refractivity contribution in [2.45, 2.75) is 19.2 Å². The lowest BCUT2D eigenvalue weighted by Crippen LogP contribution is -2.20. The number of carbonyl (C=O) groups excluding carboxylic acids is 1. The fraction of sp³-hybridized carbons (Fsp3) is 0.235. The second-order valence-electron chi connectivity index (χ2n) is 5.39. The Morgan fingerprint density at radius 3 is 2.35 bits per heavy atom. The average molecular weight is 333 g/mol. The number of carbonyl (C=O) groups is 1. The Morgan fingerprint density at radius 2 is 1.78 bits per heavy atom. The van der Waals surface area contributed by atoms with E-state index in [0.717, 1.165) is 16.9 Å². The molecule has 1 aromatic heterocycles. The van der Waals surface area contributed by atoms with Crippen molar-refractivity contribution < 1.29 is 17.6 Å². The van der Waals surface area contributed by atoms with E-state index in [-0.39, 0.29) is 11.7 Å². The quantitative estimate of drug-likeness (QED) is 0.824. The molecule has 6 heteroatoms. The molecule has 0 spiro atoms. The van der Waals surface area contributed by atoms with E-state index in [1.807, 2.05) is 13.0 Å². The Bertz CT molecular complexity index is 801. The van der Waals surface area contributed by atoms with Gasteiger partial charge in [-0.1, -0.05) is 24.3 Å². The van der Waals surface area contributed by atoms with E-state index in [4.69, 9.17) is 4.42 Å². The predicted molar refractivity (Wildman–Crippen MR) is 89.3 cm³/mol. The van der Waals surface area contributed by atoms with Crippen molar-refractivity contribution in [1.29, 1.82) is 0 Å². The number of nitrogens with one attached hydrogen (secondary N) is 1. The van der Waals surface area contributed by atoms with Crippen LogP contribution in [-0.4, -0.2) is 20.6 Å². The molecular weight excluding hydrogens is 314 g/mol. The lowest BCUT2D eigenvalue weighted by atomic mass is 10.1. The van der Waals surface area contributed by atoms with E-state index < -0.39 is 9.84 Å². The molecule has 0 bridgehead atoms. The largest absolute Gasteiger partial charge is 0.462 e. The molecule has 2 rings (SSSR count). The standard InChI is InChI=1S/C17H19NO4S/c1-13-3-8-16(22-13)9-10-17(19)18-11-14-4-6-15(7-5-14)12-23(2,20)21/h3-10H,11-12H2,1-2H3,(H,18,19). The molecule has 1 amide bonds. The number of rotatable bonds is 6. The van der Waals surface area contributed by atoms with E-state index in [1.54, 1.807) is 36.4 Å². The first-order valence-corrected chi connectivity index (χ1v) is 9.16. The normalized spacial score (nSPS) is 11.7. The Balaban J connectivity index is 1.85. The number of aryl methyl sites for hydroxylation is 1. The molecule has 0 unspecified atom stereocenters. The minimum absolute atomic E-state index is 0.0188. The van der Waals surface area contributed by atoms with Crippen LogP contribution in [0, 0.1) is 6.92 Å². The minimum atomic E-state index is -3.04. The highest BCUT2D eigenvalue weighted by Crippen LogP contribution is 2.09. The van der Waals surface area contributed by atoms with Gasteiger partial charge < -0.3 is 9.73 Å². The first-order valence-electron chi connectivity index (χ1n) is 7.10. The van der Waals surface area contributed by atoms with Crippen molar-refractivity contribution in [3.8, 4) is 0 Å². The monoisotopic (exact) mass is 333 g/mol. The van der Waals surface area contributed by atoms with Crippen LogP contribution in [0.5, 0.6) is 0 Å². The van der Waals surface area contributed by atoms with Gasteiger partial charge in [0.15, 0.2) is 9.84 Å². The Morgan fingerprint density at radius 1 is 1.13 bits per heavy atom. The fourth-order valence-corrected chi connectivity index (χ4v) is 2.80. The molecule has 2 aromatic rings. The Kier molecular flexibility index (Phi) is 5.39. The van der Waals surface area contributed by atoms with E-state index >= 15 is 0 Å². The zero-order valence-corrected chi connectivity index (χ0v) is 13.9. The van der Waals surface area contributed by atoms with E-state index in [2.05, 4.69) is 5.32 Å². The first kappa shape index (κ1) is 17.0. The predicted octanol–water partition coefficient (Wildman–Crippen LogP) is 2.46. The summed E-state index contributed by atoms with van der Waals surface area (Å²) < 4.78 is 27.8. The van der Waals surface area contributed by atoms with Crippen molar-refractivity contribution >= 4 is 21.8 Å². The highest BCUT2D eigenvalue weighted by atomic mass is 32.2. The van der Waals surface area contributed by atoms with Crippen molar-refractivity contribution in [2.24, 2.45) is 0 Å². The van der Waals surface area contributed by atoms with Gasteiger partial charge in [-0.05, 0) is 36.3 Å². The molecule has 122 valence electrons. The lowest BCUT2D eigenvalue weighted by Gasteiger charge is -2.04. The molecule has 0 saturated heterocycles. The second kappa shape index (κ2) is 7.28. The number of benzene rings is 1. The maximum Gasteiger partial charge on any atom is 0.244 e. The number of amides is 1. The van der Waals surface area contributed by atoms with Crippen molar-refractivity contribution in [1.82, 2.24) is 5.32 Å². The summed E-state index contributed by atoms with van der Waals surface area (Å²) in [7, 11) is -3.04. The van der Waals surface area contributed by atoms with Crippen LogP contribution in [0.2, 0.25) is 0 Å². The summed E-state index contributed by atoms with van der Waals surface area (Å²) in [5, 5.41) is 2.76. The third-order valence-corrected chi connectivity index (χ3v) is 3.94. The van der Waals surface area contributed by atoms with E-state index in [1.165, 1.54) is 12.3 Å². The Hall–Kier alpha value is -2.34. The van der Waals surface area contributed by atoms with Gasteiger partial charge in [-0.15, -0.1) is 0 Å². The summed E-state index contributed by atoms with van der Waals surface area (Å²) in [5.41, 5.74) is 1.63. The highest BCUT2D eigenvalue weighted by molar-refractivity contribution is 7.89. The highest BCUT2D eigenvalue weighted by Gasteiger charge is 2.04. The molecule has 1 N–H and O–H groups in total. The van der Waals surface area contributed by atoms with Gasteiger partial charge in [0.2, 0.25) is 5.91 Å². The molecule has 0 radical (unpaired) electrons. The van der Waals surface area contributed by atoms with E-state index in [9.17, 15) is 13.2 Å². The van der Waals surface area contributed by atoms with E-state index in [0.29, 0.717) is 12.3 Å². The molecule has 0 aliphatic carbocycles. The van der Waals surface area contributed by atoms with Gasteiger partial charge in [0.1, 0.15) is 11.5 Å². The summed E-state index contributed by atoms with van der Waals surface area (Å²) in [6.45, 7) is 2.21. The van der Waals surface area contributed by atoms with Gasteiger partial charge in [-0.3, -0.25) is 4.79 Å². The second-order valence-corrected chi connectivity index (χ2v) is 7.53. The van der Waals surface area contributed by atoms with Gasteiger partial charge in [-0.25, -0.2) is 8.42 Å². The van der Waals surface area contributed by atoms with Crippen molar-refractivity contribution in [2.75, 3.05) is 6.26 Å². The number of furan rings is 1.